The van der Waals surface area contributed by atoms with E-state index < -0.39 is 6.17 Å². The van der Waals surface area contributed by atoms with Gasteiger partial charge in [-0.15, -0.1) is 0 Å². The molecule has 166 valence electrons. The molecule has 5 heterocycles. The minimum Gasteiger partial charge on any atom is -0.442 e. The minimum atomic E-state index is -0.763. The Morgan fingerprint density at radius 2 is 2.09 bits per heavy atom. The van der Waals surface area contributed by atoms with E-state index in [1.807, 2.05) is 11.0 Å². The number of hydrogen-bond acceptors (Lipinski definition) is 7. The summed E-state index contributed by atoms with van der Waals surface area (Å²) in [6.07, 6.45) is 5.27. The first kappa shape index (κ1) is 19.5. The van der Waals surface area contributed by atoms with Crippen molar-refractivity contribution in [3.05, 3.63) is 41.2 Å². The number of rotatable bonds is 4. The van der Waals surface area contributed by atoms with Crippen LogP contribution >= 0.6 is 0 Å². The highest BCUT2D eigenvalue weighted by Crippen LogP contribution is 2.40. The third-order valence-electron chi connectivity index (χ3n) is 6.86. The summed E-state index contributed by atoms with van der Waals surface area (Å²) >= 11 is 0. The Morgan fingerprint density at radius 3 is 2.84 bits per heavy atom. The molecule has 1 saturated heterocycles. The lowest BCUT2D eigenvalue weighted by atomic mass is 9.99. The number of anilines is 2. The second-order valence-electron chi connectivity index (χ2n) is 9.36. The topological polar surface area (TPSA) is 87.4 Å². The molecule has 6 rings (SSSR count). The van der Waals surface area contributed by atoms with Gasteiger partial charge in [-0.2, -0.15) is 0 Å². The summed E-state index contributed by atoms with van der Waals surface area (Å²) in [5.41, 5.74) is 3.96. The second kappa shape index (κ2) is 6.88. The van der Waals surface area contributed by atoms with Crippen molar-refractivity contribution >= 4 is 28.5 Å². The zero-order valence-corrected chi connectivity index (χ0v) is 18.2. The highest BCUT2D eigenvalue weighted by atomic mass is 19.1. The van der Waals surface area contributed by atoms with E-state index in [4.69, 9.17) is 4.42 Å². The lowest BCUT2D eigenvalue weighted by molar-refractivity contribution is 0.0732. The van der Waals surface area contributed by atoms with Crippen molar-refractivity contribution in [3.63, 3.8) is 0 Å². The van der Waals surface area contributed by atoms with Crippen molar-refractivity contribution in [3.8, 4) is 0 Å². The first-order valence-electron chi connectivity index (χ1n) is 11.1. The van der Waals surface area contributed by atoms with Crippen LogP contribution in [0.15, 0.2) is 23.0 Å². The zero-order valence-electron chi connectivity index (χ0n) is 18.2. The zero-order chi connectivity index (χ0) is 22.0. The van der Waals surface area contributed by atoms with Gasteiger partial charge in [0.05, 0.1) is 36.3 Å². The molecular formula is C23H25FN6O2. The number of carbonyl (C=O) groups is 1. The summed E-state index contributed by atoms with van der Waals surface area (Å²) < 4.78 is 19.2. The fourth-order valence-electron chi connectivity index (χ4n) is 4.68. The molecule has 0 aromatic carbocycles. The van der Waals surface area contributed by atoms with Gasteiger partial charge in [-0.3, -0.25) is 9.78 Å². The number of amides is 1. The average molecular weight is 436 g/mol. The van der Waals surface area contributed by atoms with Crippen LogP contribution in [0.1, 0.15) is 47.1 Å². The molecule has 3 aromatic heterocycles. The molecule has 3 aliphatic rings. The molecule has 1 amide bonds. The van der Waals surface area contributed by atoms with E-state index in [0.29, 0.717) is 60.8 Å². The van der Waals surface area contributed by atoms with Crippen molar-refractivity contribution in [2.24, 2.45) is 0 Å². The van der Waals surface area contributed by atoms with Gasteiger partial charge >= 0.3 is 0 Å². The molecule has 0 unspecified atom stereocenters. The molecule has 0 atom stereocenters. The Morgan fingerprint density at radius 1 is 1.28 bits per heavy atom. The molecule has 2 aliphatic heterocycles. The van der Waals surface area contributed by atoms with Crippen molar-refractivity contribution in [2.45, 2.75) is 51.4 Å². The van der Waals surface area contributed by atoms with Crippen LogP contribution in [-0.2, 0) is 13.0 Å². The van der Waals surface area contributed by atoms with E-state index in [9.17, 15) is 9.18 Å². The van der Waals surface area contributed by atoms with E-state index in [0.717, 1.165) is 29.8 Å². The summed E-state index contributed by atoms with van der Waals surface area (Å²) in [4.78, 5) is 30.7. The number of fused-ring (bicyclic) bond motifs is 2. The first-order chi connectivity index (χ1) is 15.4. The third kappa shape index (κ3) is 3.10. The van der Waals surface area contributed by atoms with E-state index in [2.05, 4.69) is 27.2 Å². The summed E-state index contributed by atoms with van der Waals surface area (Å²) in [6.45, 7) is 5.77. The van der Waals surface area contributed by atoms with Gasteiger partial charge in [-0.05, 0) is 39.2 Å². The molecule has 1 N–H and O–H groups in total. The van der Waals surface area contributed by atoms with Crippen LogP contribution in [0.3, 0.4) is 0 Å². The Bertz CT molecular complexity index is 1230. The molecule has 1 aliphatic carbocycles. The molecule has 3 aromatic rings. The van der Waals surface area contributed by atoms with Gasteiger partial charge < -0.3 is 19.5 Å². The number of nitrogens with one attached hydrogen (secondary N) is 1. The van der Waals surface area contributed by atoms with Crippen molar-refractivity contribution < 1.29 is 13.6 Å². The second-order valence-corrected chi connectivity index (χ2v) is 9.36. The number of pyridine rings is 1. The Hall–Kier alpha value is -3.23. The van der Waals surface area contributed by atoms with Gasteiger partial charge in [-0.25, -0.2) is 14.4 Å². The van der Waals surface area contributed by atoms with E-state index in [1.165, 1.54) is 6.33 Å². The number of nitrogens with zero attached hydrogens (tertiary/aromatic N) is 5. The normalized spacial score (nSPS) is 19.6. The quantitative estimate of drug-likeness (QED) is 0.672. The van der Waals surface area contributed by atoms with Gasteiger partial charge in [0, 0.05) is 29.5 Å². The van der Waals surface area contributed by atoms with Crippen LogP contribution in [0.5, 0.6) is 0 Å². The van der Waals surface area contributed by atoms with Crippen molar-refractivity contribution in [2.75, 3.05) is 29.9 Å². The number of furan rings is 1. The maximum absolute atomic E-state index is 13.7. The fourth-order valence-corrected chi connectivity index (χ4v) is 4.68. The molecule has 0 radical (unpaired) electrons. The summed E-state index contributed by atoms with van der Waals surface area (Å²) in [5.74, 6) is 1.08. The number of halogens is 1. The summed E-state index contributed by atoms with van der Waals surface area (Å²) in [6, 6.07) is 1.95. The molecule has 32 heavy (non-hydrogen) atoms. The van der Waals surface area contributed by atoms with Gasteiger partial charge in [-0.1, -0.05) is 0 Å². The molecule has 1 saturated carbocycles. The first-order valence-corrected chi connectivity index (χ1v) is 11.1. The number of hydrogen-bond donors (Lipinski definition) is 1. The van der Waals surface area contributed by atoms with Crippen molar-refractivity contribution in [1.82, 2.24) is 19.9 Å². The molecule has 8 nitrogen and oxygen atoms in total. The third-order valence-corrected chi connectivity index (χ3v) is 6.86. The number of aromatic nitrogens is 3. The lowest BCUT2D eigenvalue weighted by Gasteiger charge is -2.39. The SMILES string of the molecule is Cc1oc2ncnc(NC3(C)CC3)c2c1C(=O)N1CCc2c(N3CC(F)C3)ccnc2C1. The van der Waals surface area contributed by atoms with E-state index in [1.54, 1.807) is 18.0 Å². The van der Waals surface area contributed by atoms with Crippen molar-refractivity contribution in [1.29, 1.82) is 0 Å². The summed E-state index contributed by atoms with van der Waals surface area (Å²) in [7, 11) is 0. The molecule has 0 spiro atoms. The monoisotopic (exact) mass is 436 g/mol. The van der Waals surface area contributed by atoms with Gasteiger partial charge in [0.25, 0.3) is 5.91 Å². The fraction of sp³-hybridized carbons (Fsp3) is 0.478. The summed E-state index contributed by atoms with van der Waals surface area (Å²) in [5, 5.41) is 4.11. The average Bonchev–Trinajstić information content (AvgIpc) is 3.38. The highest BCUT2D eigenvalue weighted by Gasteiger charge is 2.39. The van der Waals surface area contributed by atoms with Gasteiger partial charge in [0.1, 0.15) is 24.1 Å². The predicted molar refractivity (Wildman–Crippen MR) is 118 cm³/mol. The van der Waals surface area contributed by atoms with Crippen LogP contribution in [0.4, 0.5) is 15.9 Å². The van der Waals surface area contributed by atoms with Crippen LogP contribution in [-0.4, -0.2) is 57.1 Å². The minimum absolute atomic E-state index is 0.00658. The predicted octanol–water partition coefficient (Wildman–Crippen LogP) is 3.25. The smallest absolute Gasteiger partial charge is 0.258 e. The Labute approximate surface area is 184 Å². The molecule has 9 heteroatoms. The number of alkyl halides is 1. The number of carbonyl (C=O) groups excluding carboxylic acids is 1. The Kier molecular flexibility index (Phi) is 4.18. The standard InChI is InChI=1S/C23H25FN6O2/c1-13-18(19-20(28-23(2)5-6-23)26-12-27-21(19)32-13)22(31)29-8-4-15-16(11-29)25-7-3-17(15)30-9-14(24)10-30/h3,7,12,14H,4-6,8-11H2,1-2H3,(H,26,27,28). The maximum Gasteiger partial charge on any atom is 0.258 e. The molecule has 2 fully saturated rings. The van der Waals surface area contributed by atoms with Crippen LogP contribution in [0.2, 0.25) is 0 Å². The molecule has 0 bridgehead atoms. The molecular weight excluding hydrogens is 411 g/mol. The largest absolute Gasteiger partial charge is 0.442 e. The van der Waals surface area contributed by atoms with Gasteiger partial charge in [0.2, 0.25) is 5.71 Å². The Balaban J connectivity index is 1.32. The van der Waals surface area contributed by atoms with E-state index >= 15 is 0 Å². The lowest BCUT2D eigenvalue weighted by Crippen LogP contribution is -2.49. The van der Waals surface area contributed by atoms with Crippen LogP contribution in [0, 0.1) is 6.92 Å². The van der Waals surface area contributed by atoms with E-state index in [-0.39, 0.29) is 11.4 Å². The number of aryl methyl sites for hydroxylation is 1. The highest BCUT2D eigenvalue weighted by molar-refractivity contribution is 6.10. The van der Waals surface area contributed by atoms with Crippen LogP contribution < -0.4 is 10.2 Å². The maximum atomic E-state index is 13.7. The van der Waals surface area contributed by atoms with Crippen LogP contribution in [0.25, 0.3) is 11.1 Å². The van der Waals surface area contributed by atoms with Gasteiger partial charge in [0.15, 0.2) is 0 Å².